The Hall–Kier alpha value is -3.79. The van der Waals surface area contributed by atoms with Gasteiger partial charge in [-0.15, -0.1) is 0 Å². The largest absolute Gasteiger partial charge is 0.494 e. The second kappa shape index (κ2) is 15.1. The zero-order valence-electron chi connectivity index (χ0n) is 25.0. The molecule has 1 fully saturated rings. The monoisotopic (exact) mass is 590 g/mol. The highest BCUT2D eigenvalue weighted by atomic mass is 16.6. The molecular weight excluding hydrogens is 548 g/mol. The molecule has 3 aromatic carbocycles. The van der Waals surface area contributed by atoms with Crippen LogP contribution < -0.4 is 14.4 Å². The van der Waals surface area contributed by atoms with Crippen LogP contribution in [0.5, 0.6) is 11.5 Å². The van der Waals surface area contributed by atoms with E-state index >= 15 is 0 Å². The van der Waals surface area contributed by atoms with Gasteiger partial charge in [0.25, 0.3) is 0 Å². The molecule has 9 heteroatoms. The summed E-state index contributed by atoms with van der Waals surface area (Å²) in [4.78, 5) is 17.0. The lowest BCUT2D eigenvalue weighted by Crippen LogP contribution is -2.53. The molecule has 43 heavy (non-hydrogen) atoms. The zero-order chi connectivity index (χ0) is 30.0. The van der Waals surface area contributed by atoms with Gasteiger partial charge in [-0.3, -0.25) is 0 Å². The number of hydrogen-bond donors (Lipinski definition) is 1. The third-order valence-electron chi connectivity index (χ3n) is 7.89. The van der Waals surface area contributed by atoms with Gasteiger partial charge in [-0.1, -0.05) is 48.5 Å². The minimum Gasteiger partial charge on any atom is -0.494 e. The molecule has 0 spiro atoms. The van der Waals surface area contributed by atoms with Gasteiger partial charge in [-0.25, -0.2) is 4.79 Å². The van der Waals surface area contributed by atoms with E-state index in [1.54, 1.807) is 12.0 Å². The molecule has 2 heterocycles. The van der Waals surface area contributed by atoms with Crippen LogP contribution in [-0.4, -0.2) is 81.4 Å². The minimum atomic E-state index is -0.839. The summed E-state index contributed by atoms with van der Waals surface area (Å²) in [5.74, 6) is 1.30. The lowest BCUT2D eigenvalue weighted by atomic mass is 9.84. The Bertz CT molecular complexity index is 1300. The maximum absolute atomic E-state index is 13.1. The van der Waals surface area contributed by atoms with Crippen molar-refractivity contribution in [2.45, 2.75) is 44.7 Å². The van der Waals surface area contributed by atoms with E-state index in [1.165, 1.54) is 0 Å². The summed E-state index contributed by atoms with van der Waals surface area (Å²) in [5.41, 5.74) is 3.87. The highest BCUT2D eigenvalue weighted by Gasteiger charge is 2.40. The van der Waals surface area contributed by atoms with Crippen molar-refractivity contribution in [1.29, 1.82) is 0 Å². The van der Waals surface area contributed by atoms with Crippen LogP contribution in [0.15, 0.2) is 72.8 Å². The summed E-state index contributed by atoms with van der Waals surface area (Å²) in [5, 5.41) is 11.4. The molecule has 0 saturated carbocycles. The number of β-amino-alcohol motifs (C(OH)–C–C–N with tert-alkyl or cyclic N) is 1. The zero-order valence-corrected chi connectivity index (χ0v) is 25.0. The van der Waals surface area contributed by atoms with Gasteiger partial charge in [0.2, 0.25) is 0 Å². The van der Waals surface area contributed by atoms with Gasteiger partial charge in [0.1, 0.15) is 24.7 Å². The number of piperidine rings is 1. The number of hydrogen-bond acceptors (Lipinski definition) is 8. The number of ether oxygens (including phenoxy) is 5. The lowest BCUT2D eigenvalue weighted by Gasteiger charge is -2.41. The number of carbonyl (C=O) groups is 1. The Morgan fingerprint density at radius 2 is 1.81 bits per heavy atom. The first-order valence-corrected chi connectivity index (χ1v) is 15.0. The van der Waals surface area contributed by atoms with E-state index < -0.39 is 18.3 Å². The van der Waals surface area contributed by atoms with Crippen molar-refractivity contribution in [2.75, 3.05) is 58.0 Å². The number of methoxy groups -OCH3 is 1. The molecule has 3 aromatic rings. The standard InChI is InChI=1S/C34H42N2O7/c1-3-40-28-13-11-27(12-14-28)33-30(37)21-36(34(38)43-23-25-8-5-4-6-9-25)22-32(33)42-24-26-10-15-31-29(20-26)35(17-19-41-31)16-7-18-39-2/h4-6,8-15,20,30,32-33,37H,3,7,16-19,21-24H2,1-2H3/t30-,32+,33+/m1/s1. The first-order chi connectivity index (χ1) is 21.1. The van der Waals surface area contributed by atoms with Crippen molar-refractivity contribution < 1.29 is 33.6 Å². The van der Waals surface area contributed by atoms with E-state index in [2.05, 4.69) is 11.0 Å². The Labute approximate surface area is 253 Å². The molecule has 1 saturated heterocycles. The highest BCUT2D eigenvalue weighted by molar-refractivity contribution is 5.68. The predicted octanol–water partition coefficient (Wildman–Crippen LogP) is 5.00. The van der Waals surface area contributed by atoms with Gasteiger partial charge in [0.15, 0.2) is 0 Å². The summed E-state index contributed by atoms with van der Waals surface area (Å²) in [6.07, 6.45) is -0.846. The molecule has 5 rings (SSSR count). The summed E-state index contributed by atoms with van der Waals surface area (Å²) in [6, 6.07) is 23.4. The molecular formula is C34H42N2O7. The number of carbonyl (C=O) groups excluding carboxylic acids is 1. The van der Waals surface area contributed by atoms with Crippen molar-refractivity contribution in [1.82, 2.24) is 4.90 Å². The van der Waals surface area contributed by atoms with Crippen LogP contribution in [0.25, 0.3) is 0 Å². The SMILES string of the molecule is CCOc1ccc([C@H]2[C@H](O)CN(C(=O)OCc3ccccc3)C[C@@H]2OCc2ccc3c(c2)N(CCCOC)CCO3)cc1. The topological polar surface area (TPSA) is 89.9 Å². The average Bonchev–Trinajstić information content (AvgIpc) is 3.04. The van der Waals surface area contributed by atoms with Crippen LogP contribution in [0.1, 0.15) is 36.0 Å². The average molecular weight is 591 g/mol. The summed E-state index contributed by atoms with van der Waals surface area (Å²) >= 11 is 0. The maximum atomic E-state index is 13.1. The number of rotatable bonds is 12. The van der Waals surface area contributed by atoms with Gasteiger partial charge in [-0.05, 0) is 54.3 Å². The van der Waals surface area contributed by atoms with Crippen molar-refractivity contribution in [2.24, 2.45) is 0 Å². The van der Waals surface area contributed by atoms with Crippen LogP contribution >= 0.6 is 0 Å². The van der Waals surface area contributed by atoms with Gasteiger partial charge in [0, 0.05) is 26.2 Å². The number of aliphatic hydroxyl groups excluding tert-OH is 1. The van der Waals surface area contributed by atoms with E-state index in [0.717, 1.165) is 53.4 Å². The van der Waals surface area contributed by atoms with Crippen molar-refractivity contribution >= 4 is 11.8 Å². The molecule has 0 aliphatic carbocycles. The molecule has 2 aliphatic rings. The molecule has 3 atom stereocenters. The number of benzene rings is 3. The first kappa shape index (κ1) is 30.7. The smallest absolute Gasteiger partial charge is 0.410 e. The molecule has 0 radical (unpaired) electrons. The number of amides is 1. The first-order valence-electron chi connectivity index (χ1n) is 15.0. The van der Waals surface area contributed by atoms with E-state index in [-0.39, 0.29) is 19.1 Å². The second-order valence-electron chi connectivity index (χ2n) is 10.9. The van der Waals surface area contributed by atoms with E-state index in [4.69, 9.17) is 23.7 Å². The molecule has 230 valence electrons. The van der Waals surface area contributed by atoms with Gasteiger partial charge >= 0.3 is 6.09 Å². The Morgan fingerprint density at radius 3 is 2.58 bits per heavy atom. The fourth-order valence-corrected chi connectivity index (χ4v) is 5.74. The molecule has 2 aliphatic heterocycles. The summed E-state index contributed by atoms with van der Waals surface area (Å²) < 4.78 is 28.9. The van der Waals surface area contributed by atoms with E-state index in [9.17, 15) is 9.90 Å². The second-order valence-corrected chi connectivity index (χ2v) is 10.9. The Kier molecular flexibility index (Phi) is 10.8. The van der Waals surface area contributed by atoms with Crippen molar-refractivity contribution in [3.8, 4) is 11.5 Å². The summed E-state index contributed by atoms with van der Waals surface area (Å²) in [6.45, 7) is 6.49. The fourth-order valence-electron chi connectivity index (χ4n) is 5.74. The predicted molar refractivity (Wildman–Crippen MR) is 164 cm³/mol. The fraction of sp³-hybridized carbons (Fsp3) is 0.441. The molecule has 1 amide bonds. The molecule has 0 unspecified atom stereocenters. The number of aliphatic hydroxyl groups is 1. The van der Waals surface area contributed by atoms with Crippen molar-refractivity contribution in [3.63, 3.8) is 0 Å². The molecule has 9 nitrogen and oxygen atoms in total. The van der Waals surface area contributed by atoms with Crippen LogP contribution in [-0.2, 0) is 27.4 Å². The normalized spacial score (nSPS) is 19.8. The number of anilines is 1. The van der Waals surface area contributed by atoms with E-state index in [0.29, 0.717) is 33.0 Å². The summed E-state index contributed by atoms with van der Waals surface area (Å²) in [7, 11) is 1.72. The van der Waals surface area contributed by atoms with Crippen LogP contribution in [0.2, 0.25) is 0 Å². The van der Waals surface area contributed by atoms with Crippen molar-refractivity contribution in [3.05, 3.63) is 89.5 Å². The minimum absolute atomic E-state index is 0.151. The Morgan fingerprint density at radius 1 is 1.00 bits per heavy atom. The Balaban J connectivity index is 1.31. The van der Waals surface area contributed by atoms with Crippen LogP contribution in [0, 0.1) is 0 Å². The van der Waals surface area contributed by atoms with Crippen LogP contribution in [0.3, 0.4) is 0 Å². The molecule has 1 N–H and O–H groups in total. The lowest BCUT2D eigenvalue weighted by molar-refractivity contribution is -0.0692. The molecule has 0 aromatic heterocycles. The molecule has 0 bridgehead atoms. The van der Waals surface area contributed by atoms with Gasteiger partial charge in [-0.2, -0.15) is 0 Å². The quantitative estimate of drug-likeness (QED) is 0.295. The maximum Gasteiger partial charge on any atom is 0.410 e. The third-order valence-corrected chi connectivity index (χ3v) is 7.89. The number of nitrogens with zero attached hydrogens (tertiary/aromatic N) is 2. The highest BCUT2D eigenvalue weighted by Crippen LogP contribution is 2.35. The van der Waals surface area contributed by atoms with Crippen LogP contribution in [0.4, 0.5) is 10.5 Å². The third kappa shape index (κ3) is 7.98. The number of fused-ring (bicyclic) bond motifs is 1. The number of likely N-dealkylation sites (tertiary alicyclic amines) is 1. The van der Waals surface area contributed by atoms with Gasteiger partial charge < -0.3 is 38.6 Å². The van der Waals surface area contributed by atoms with E-state index in [1.807, 2.05) is 73.7 Å². The van der Waals surface area contributed by atoms with Gasteiger partial charge in [0.05, 0.1) is 50.7 Å².